The van der Waals surface area contributed by atoms with Gasteiger partial charge in [-0.15, -0.1) is 24.0 Å². The number of amides is 1. The van der Waals surface area contributed by atoms with Crippen LogP contribution in [0.3, 0.4) is 0 Å². The second-order valence-electron chi connectivity index (χ2n) is 6.30. The molecule has 144 valence electrons. The Hall–Kier alpha value is -0.610. The van der Waals surface area contributed by atoms with E-state index in [4.69, 9.17) is 4.74 Å². The van der Waals surface area contributed by atoms with E-state index in [0.717, 1.165) is 39.2 Å². The fourth-order valence-electron chi connectivity index (χ4n) is 1.72. The molecule has 0 spiro atoms. The number of hydrogen-bond acceptors (Lipinski definition) is 4. The number of guanidine groups is 1. The van der Waals surface area contributed by atoms with Crippen LogP contribution in [0.5, 0.6) is 0 Å². The molecule has 0 saturated carbocycles. The third-order valence-corrected chi connectivity index (χ3v) is 3.22. The van der Waals surface area contributed by atoms with Crippen LogP contribution < -0.4 is 10.6 Å². The molecule has 0 rings (SSSR count). The number of methoxy groups -OCH3 is 1. The van der Waals surface area contributed by atoms with Gasteiger partial charge >= 0.3 is 0 Å². The zero-order chi connectivity index (χ0) is 17.7. The summed E-state index contributed by atoms with van der Waals surface area (Å²) in [6.07, 6.45) is 1.02. The van der Waals surface area contributed by atoms with Gasteiger partial charge in [0.25, 0.3) is 0 Å². The van der Waals surface area contributed by atoms with Crippen molar-refractivity contribution < 1.29 is 9.53 Å². The lowest BCUT2D eigenvalue weighted by Gasteiger charge is -2.19. The minimum absolute atomic E-state index is 0. The van der Waals surface area contributed by atoms with Gasteiger partial charge in [-0.25, -0.2) is 4.99 Å². The predicted octanol–water partition coefficient (Wildman–Crippen LogP) is 0.852. The number of carbonyl (C=O) groups is 1. The smallest absolute Gasteiger partial charge is 0.243 e. The van der Waals surface area contributed by atoms with Gasteiger partial charge in [0.05, 0.1) is 0 Å². The lowest BCUT2D eigenvalue weighted by atomic mass is 10.2. The van der Waals surface area contributed by atoms with Gasteiger partial charge in [-0.1, -0.05) is 13.8 Å². The molecule has 0 aromatic heterocycles. The summed E-state index contributed by atoms with van der Waals surface area (Å²) in [5.74, 6) is 1.20. The SMILES string of the molecule is COCCCN(C)CCNC(=NCC(=O)N(C)C)NCC(C)C.I. The zero-order valence-electron chi connectivity index (χ0n) is 16.1. The van der Waals surface area contributed by atoms with E-state index in [-0.39, 0.29) is 36.4 Å². The molecule has 0 heterocycles. The molecule has 8 heteroatoms. The van der Waals surface area contributed by atoms with Crippen LogP contribution >= 0.6 is 24.0 Å². The van der Waals surface area contributed by atoms with E-state index < -0.39 is 0 Å². The fourth-order valence-corrected chi connectivity index (χ4v) is 1.72. The first-order valence-corrected chi connectivity index (χ1v) is 8.26. The molecule has 0 radical (unpaired) electrons. The Bertz CT molecular complexity index is 351. The highest BCUT2D eigenvalue weighted by atomic mass is 127. The normalized spacial score (nSPS) is 11.4. The molecule has 0 aliphatic carbocycles. The summed E-state index contributed by atoms with van der Waals surface area (Å²) in [4.78, 5) is 19.8. The number of ether oxygens (including phenoxy) is 1. The third kappa shape index (κ3) is 14.9. The van der Waals surface area contributed by atoms with Crippen molar-refractivity contribution in [1.82, 2.24) is 20.4 Å². The predicted molar refractivity (Wildman–Crippen MR) is 111 cm³/mol. The van der Waals surface area contributed by atoms with Gasteiger partial charge in [0, 0.05) is 54.0 Å². The Labute approximate surface area is 164 Å². The molecule has 0 aliphatic rings. The number of nitrogens with one attached hydrogen (secondary N) is 2. The van der Waals surface area contributed by atoms with Crippen molar-refractivity contribution in [3.63, 3.8) is 0 Å². The molecule has 7 nitrogen and oxygen atoms in total. The van der Waals surface area contributed by atoms with Gasteiger partial charge in [-0.2, -0.15) is 0 Å². The van der Waals surface area contributed by atoms with Gasteiger partial charge in [-0.05, 0) is 19.4 Å². The first-order chi connectivity index (χ1) is 10.9. The largest absolute Gasteiger partial charge is 0.385 e. The molecule has 0 unspecified atom stereocenters. The van der Waals surface area contributed by atoms with Crippen LogP contribution in [0.1, 0.15) is 20.3 Å². The maximum absolute atomic E-state index is 11.7. The molecule has 0 atom stereocenters. The maximum Gasteiger partial charge on any atom is 0.243 e. The van der Waals surface area contributed by atoms with Crippen molar-refractivity contribution in [3.8, 4) is 0 Å². The van der Waals surface area contributed by atoms with E-state index >= 15 is 0 Å². The van der Waals surface area contributed by atoms with Crippen LogP contribution in [0.4, 0.5) is 0 Å². The first kappa shape index (κ1) is 25.6. The summed E-state index contributed by atoms with van der Waals surface area (Å²) < 4.78 is 5.06. The Morgan fingerprint density at radius 2 is 1.83 bits per heavy atom. The van der Waals surface area contributed by atoms with Gasteiger partial charge in [0.2, 0.25) is 5.91 Å². The van der Waals surface area contributed by atoms with Crippen LogP contribution in [-0.4, -0.2) is 89.3 Å². The Kier molecular flexibility index (Phi) is 17.0. The molecule has 2 N–H and O–H groups in total. The third-order valence-electron chi connectivity index (χ3n) is 3.22. The van der Waals surface area contributed by atoms with Gasteiger partial charge < -0.3 is 25.2 Å². The summed E-state index contributed by atoms with van der Waals surface area (Å²) >= 11 is 0. The summed E-state index contributed by atoms with van der Waals surface area (Å²) in [6, 6.07) is 0. The molecule has 0 saturated heterocycles. The highest BCUT2D eigenvalue weighted by molar-refractivity contribution is 14.0. The number of carbonyl (C=O) groups excluding carboxylic acids is 1. The number of aliphatic imine (C=N–C) groups is 1. The van der Waals surface area contributed by atoms with Crippen molar-refractivity contribution >= 4 is 35.8 Å². The van der Waals surface area contributed by atoms with Crippen molar-refractivity contribution in [1.29, 1.82) is 0 Å². The van der Waals surface area contributed by atoms with Crippen molar-refractivity contribution in [3.05, 3.63) is 0 Å². The molecular formula is C16H36IN5O2. The van der Waals surface area contributed by atoms with Crippen molar-refractivity contribution in [2.24, 2.45) is 10.9 Å². The van der Waals surface area contributed by atoms with Crippen LogP contribution in [-0.2, 0) is 9.53 Å². The molecule has 0 bridgehead atoms. The fraction of sp³-hybridized carbons (Fsp3) is 0.875. The number of rotatable bonds is 11. The molecule has 0 fully saturated rings. The summed E-state index contributed by atoms with van der Waals surface area (Å²) in [5.41, 5.74) is 0. The minimum atomic E-state index is -0.00710. The lowest BCUT2D eigenvalue weighted by molar-refractivity contribution is -0.127. The zero-order valence-corrected chi connectivity index (χ0v) is 18.4. The second-order valence-corrected chi connectivity index (χ2v) is 6.30. The average molecular weight is 457 g/mol. The number of likely N-dealkylation sites (N-methyl/N-ethyl adjacent to an activating group) is 2. The molecular weight excluding hydrogens is 421 g/mol. The molecule has 1 amide bonds. The highest BCUT2D eigenvalue weighted by Gasteiger charge is 2.05. The van der Waals surface area contributed by atoms with Crippen LogP contribution in [0.25, 0.3) is 0 Å². The monoisotopic (exact) mass is 457 g/mol. The van der Waals surface area contributed by atoms with E-state index in [1.54, 1.807) is 26.1 Å². The number of hydrogen-bond donors (Lipinski definition) is 2. The highest BCUT2D eigenvalue weighted by Crippen LogP contribution is 1.89. The van der Waals surface area contributed by atoms with Crippen molar-refractivity contribution in [2.75, 3.05) is 67.6 Å². The first-order valence-electron chi connectivity index (χ1n) is 8.26. The molecule has 0 aromatic rings. The van der Waals surface area contributed by atoms with Crippen LogP contribution in [0.2, 0.25) is 0 Å². The Balaban J connectivity index is 0. The average Bonchev–Trinajstić information content (AvgIpc) is 2.49. The number of nitrogens with zero attached hydrogens (tertiary/aromatic N) is 3. The van der Waals surface area contributed by atoms with Gasteiger partial charge in [0.15, 0.2) is 5.96 Å². The summed E-state index contributed by atoms with van der Waals surface area (Å²) in [5, 5.41) is 6.56. The van der Waals surface area contributed by atoms with Crippen LogP contribution in [0.15, 0.2) is 4.99 Å². The molecule has 0 aliphatic heterocycles. The van der Waals surface area contributed by atoms with E-state index in [9.17, 15) is 4.79 Å². The Morgan fingerprint density at radius 1 is 1.17 bits per heavy atom. The topological polar surface area (TPSA) is 69.2 Å². The van der Waals surface area contributed by atoms with E-state index in [2.05, 4.69) is 41.4 Å². The summed E-state index contributed by atoms with van der Waals surface area (Å²) in [6.45, 7) is 8.74. The minimum Gasteiger partial charge on any atom is -0.385 e. The second kappa shape index (κ2) is 15.9. The van der Waals surface area contributed by atoms with Gasteiger partial charge in [0.1, 0.15) is 6.54 Å². The van der Waals surface area contributed by atoms with E-state index in [0.29, 0.717) is 11.9 Å². The number of halogens is 1. The quantitative estimate of drug-likeness (QED) is 0.209. The molecule has 0 aromatic carbocycles. The molecule has 24 heavy (non-hydrogen) atoms. The Morgan fingerprint density at radius 3 is 2.38 bits per heavy atom. The van der Waals surface area contributed by atoms with Crippen LogP contribution in [0, 0.1) is 5.92 Å². The summed E-state index contributed by atoms with van der Waals surface area (Å²) in [7, 11) is 7.29. The lowest BCUT2D eigenvalue weighted by Crippen LogP contribution is -2.43. The standard InChI is InChI=1S/C16H35N5O2.HI/c1-14(2)12-18-16(19-13-15(22)20(3)4)17-8-10-21(5)9-7-11-23-6;/h14H,7-13H2,1-6H3,(H2,17,18,19);1H. The van der Waals surface area contributed by atoms with Gasteiger partial charge in [-0.3, -0.25) is 4.79 Å². The van der Waals surface area contributed by atoms with E-state index in [1.165, 1.54) is 0 Å². The van der Waals surface area contributed by atoms with E-state index in [1.807, 2.05) is 0 Å². The van der Waals surface area contributed by atoms with Crippen molar-refractivity contribution in [2.45, 2.75) is 20.3 Å². The maximum atomic E-state index is 11.7.